The highest BCUT2D eigenvalue weighted by atomic mass is 16.5. The molecule has 1 saturated heterocycles. The highest BCUT2D eigenvalue weighted by Gasteiger charge is 2.22. The number of nitrogens with one attached hydrogen (secondary N) is 3. The molecular weight excluding hydrogens is 406 g/mol. The van der Waals surface area contributed by atoms with E-state index in [1.54, 1.807) is 7.11 Å². The van der Waals surface area contributed by atoms with Gasteiger partial charge in [0, 0.05) is 37.8 Å². The minimum absolute atomic E-state index is 0.422. The number of ether oxygens (including phenoxy) is 2. The third kappa shape index (κ3) is 7.20. The van der Waals surface area contributed by atoms with Gasteiger partial charge in [-0.15, -0.1) is 0 Å². The van der Waals surface area contributed by atoms with Gasteiger partial charge < -0.3 is 20.1 Å². The van der Waals surface area contributed by atoms with Crippen LogP contribution in [0.4, 0.5) is 0 Å². The van der Waals surface area contributed by atoms with Gasteiger partial charge in [-0.05, 0) is 43.5 Å². The summed E-state index contributed by atoms with van der Waals surface area (Å²) in [7, 11) is 1.65. The van der Waals surface area contributed by atoms with Gasteiger partial charge in [0.05, 0.1) is 20.3 Å². The van der Waals surface area contributed by atoms with E-state index in [0.29, 0.717) is 24.3 Å². The molecule has 1 atom stereocenters. The summed E-state index contributed by atoms with van der Waals surface area (Å²) in [5.41, 5.74) is 0.935. The smallest absolute Gasteiger partial charge is 0.191 e. The van der Waals surface area contributed by atoms with Crippen LogP contribution >= 0.6 is 0 Å². The van der Waals surface area contributed by atoms with Gasteiger partial charge >= 0.3 is 0 Å². The molecule has 32 heavy (non-hydrogen) atoms. The fourth-order valence-electron chi connectivity index (χ4n) is 3.79. The molecule has 1 aliphatic heterocycles. The van der Waals surface area contributed by atoms with Gasteiger partial charge in [0.1, 0.15) is 18.1 Å². The number of rotatable bonds is 10. The Morgan fingerprint density at radius 3 is 2.62 bits per heavy atom. The number of aliphatic imine (C=N–C) groups is 1. The van der Waals surface area contributed by atoms with E-state index >= 15 is 0 Å². The number of hydrogen-bond donors (Lipinski definition) is 3. The van der Waals surface area contributed by atoms with Crippen molar-refractivity contribution in [3.8, 4) is 17.1 Å². The Morgan fingerprint density at radius 1 is 1.22 bits per heavy atom. The lowest BCUT2D eigenvalue weighted by molar-refractivity contribution is 0.0132. The number of H-pyrrole nitrogens is 1. The number of morpholine rings is 1. The van der Waals surface area contributed by atoms with E-state index in [0.717, 1.165) is 68.9 Å². The summed E-state index contributed by atoms with van der Waals surface area (Å²) >= 11 is 0. The first-order valence-electron chi connectivity index (χ1n) is 11.5. The second-order valence-electron chi connectivity index (χ2n) is 8.34. The number of methoxy groups -OCH3 is 1. The van der Waals surface area contributed by atoms with E-state index in [2.05, 4.69) is 51.5 Å². The Labute approximate surface area is 191 Å². The van der Waals surface area contributed by atoms with Crippen molar-refractivity contribution in [2.45, 2.75) is 39.8 Å². The molecule has 1 aromatic carbocycles. The predicted molar refractivity (Wildman–Crippen MR) is 127 cm³/mol. The summed E-state index contributed by atoms with van der Waals surface area (Å²) < 4.78 is 10.7. The number of guanidine groups is 1. The molecule has 1 unspecified atom stereocenters. The van der Waals surface area contributed by atoms with E-state index in [9.17, 15) is 0 Å². The Hall–Kier alpha value is -2.65. The largest absolute Gasteiger partial charge is 0.497 e. The van der Waals surface area contributed by atoms with Gasteiger partial charge in [-0.2, -0.15) is 5.10 Å². The molecule has 0 bridgehead atoms. The van der Waals surface area contributed by atoms with Crippen LogP contribution in [0.25, 0.3) is 11.4 Å². The maximum atomic E-state index is 5.53. The summed E-state index contributed by atoms with van der Waals surface area (Å²) in [5, 5.41) is 14.2. The first kappa shape index (κ1) is 24.0. The van der Waals surface area contributed by atoms with Gasteiger partial charge in [0.2, 0.25) is 0 Å². The molecule has 0 aliphatic carbocycles. The first-order chi connectivity index (χ1) is 15.6. The van der Waals surface area contributed by atoms with Crippen LogP contribution in [0.15, 0.2) is 29.3 Å². The van der Waals surface area contributed by atoms with E-state index in [4.69, 9.17) is 14.5 Å². The summed E-state index contributed by atoms with van der Waals surface area (Å²) in [5.74, 6) is 3.61. The third-order valence-corrected chi connectivity index (χ3v) is 5.42. The second kappa shape index (κ2) is 12.4. The maximum absolute atomic E-state index is 5.53. The second-order valence-corrected chi connectivity index (χ2v) is 8.34. The van der Waals surface area contributed by atoms with Crippen molar-refractivity contribution in [3.63, 3.8) is 0 Å². The Bertz CT molecular complexity index is 829. The normalized spacial score (nSPS) is 16.2. The molecule has 3 rings (SSSR count). The fourth-order valence-corrected chi connectivity index (χ4v) is 3.79. The molecule has 1 fully saturated rings. The Balaban J connectivity index is 1.60. The molecule has 0 radical (unpaired) electrons. The number of aromatic amines is 1. The van der Waals surface area contributed by atoms with Crippen LogP contribution in [0.5, 0.6) is 5.75 Å². The third-order valence-electron chi connectivity index (χ3n) is 5.42. The molecule has 0 spiro atoms. The van der Waals surface area contributed by atoms with Gasteiger partial charge in [0.25, 0.3) is 0 Å². The van der Waals surface area contributed by atoms with Crippen LogP contribution in [0, 0.1) is 5.92 Å². The standard InChI is InChI=1S/C23H37N7O2/c1-5-24-23(25-15-19(14-17(2)3)30-10-12-32-13-11-30)26-16-21-27-22(29-28-21)18-6-8-20(31-4)9-7-18/h6-9,17,19H,5,10-16H2,1-4H3,(H2,24,25,26)(H,27,28,29). The summed E-state index contributed by atoms with van der Waals surface area (Å²) in [6.45, 7) is 12.3. The lowest BCUT2D eigenvalue weighted by atomic mass is 10.0. The number of benzene rings is 1. The van der Waals surface area contributed by atoms with Crippen LogP contribution in [-0.2, 0) is 11.3 Å². The molecule has 2 heterocycles. The van der Waals surface area contributed by atoms with Crippen LogP contribution in [0.1, 0.15) is 33.0 Å². The average Bonchev–Trinajstić information content (AvgIpc) is 3.29. The highest BCUT2D eigenvalue weighted by molar-refractivity contribution is 5.79. The molecule has 0 saturated carbocycles. The van der Waals surface area contributed by atoms with Crippen LogP contribution in [0.3, 0.4) is 0 Å². The van der Waals surface area contributed by atoms with E-state index in [-0.39, 0.29) is 0 Å². The van der Waals surface area contributed by atoms with Crippen molar-refractivity contribution in [3.05, 3.63) is 30.1 Å². The summed E-state index contributed by atoms with van der Waals surface area (Å²) in [6.07, 6.45) is 1.14. The van der Waals surface area contributed by atoms with Crippen LogP contribution in [0.2, 0.25) is 0 Å². The number of nitrogens with zero attached hydrogens (tertiary/aromatic N) is 4. The van der Waals surface area contributed by atoms with Crippen molar-refractivity contribution in [2.24, 2.45) is 10.9 Å². The SMILES string of the molecule is CCNC(=NCc1nc(-c2ccc(OC)cc2)n[nH]1)NCC(CC(C)C)N1CCOCC1. The molecular formula is C23H37N7O2. The quantitative estimate of drug-likeness (QED) is 0.383. The molecule has 176 valence electrons. The van der Waals surface area contributed by atoms with Crippen molar-refractivity contribution in [1.82, 2.24) is 30.7 Å². The Kier molecular flexibility index (Phi) is 9.30. The van der Waals surface area contributed by atoms with E-state index < -0.39 is 0 Å². The highest BCUT2D eigenvalue weighted by Crippen LogP contribution is 2.19. The molecule has 2 aromatic rings. The maximum Gasteiger partial charge on any atom is 0.191 e. The lowest BCUT2D eigenvalue weighted by Gasteiger charge is -2.35. The topological polar surface area (TPSA) is 99.7 Å². The van der Waals surface area contributed by atoms with Gasteiger partial charge in [-0.25, -0.2) is 9.98 Å². The number of hydrogen-bond acceptors (Lipinski definition) is 6. The molecule has 3 N–H and O–H groups in total. The summed E-state index contributed by atoms with van der Waals surface area (Å²) in [4.78, 5) is 11.8. The van der Waals surface area contributed by atoms with Crippen molar-refractivity contribution < 1.29 is 9.47 Å². The van der Waals surface area contributed by atoms with Crippen LogP contribution in [-0.4, -0.2) is 78.6 Å². The van der Waals surface area contributed by atoms with Crippen molar-refractivity contribution >= 4 is 5.96 Å². The van der Waals surface area contributed by atoms with E-state index in [1.807, 2.05) is 24.3 Å². The first-order valence-corrected chi connectivity index (χ1v) is 11.5. The zero-order valence-electron chi connectivity index (χ0n) is 19.7. The zero-order valence-corrected chi connectivity index (χ0v) is 19.7. The van der Waals surface area contributed by atoms with Gasteiger partial charge in [0.15, 0.2) is 11.8 Å². The van der Waals surface area contributed by atoms with Crippen molar-refractivity contribution in [1.29, 1.82) is 0 Å². The zero-order chi connectivity index (χ0) is 22.8. The lowest BCUT2D eigenvalue weighted by Crippen LogP contribution is -2.51. The minimum atomic E-state index is 0.422. The molecule has 1 aliphatic rings. The average molecular weight is 444 g/mol. The fraction of sp³-hybridized carbons (Fsp3) is 0.609. The van der Waals surface area contributed by atoms with Crippen molar-refractivity contribution in [2.75, 3.05) is 46.5 Å². The number of aromatic nitrogens is 3. The predicted octanol–water partition coefficient (Wildman–Crippen LogP) is 2.28. The molecule has 9 nitrogen and oxygen atoms in total. The molecule has 1 aromatic heterocycles. The van der Waals surface area contributed by atoms with E-state index in [1.165, 1.54) is 0 Å². The van der Waals surface area contributed by atoms with Gasteiger partial charge in [-0.1, -0.05) is 13.8 Å². The van der Waals surface area contributed by atoms with Gasteiger partial charge in [-0.3, -0.25) is 10.00 Å². The Morgan fingerprint density at radius 2 is 1.97 bits per heavy atom. The van der Waals surface area contributed by atoms with Crippen LogP contribution < -0.4 is 15.4 Å². The molecule has 0 amide bonds. The molecule has 9 heteroatoms. The summed E-state index contributed by atoms with van der Waals surface area (Å²) in [6, 6.07) is 8.15. The minimum Gasteiger partial charge on any atom is -0.497 e. The monoisotopic (exact) mass is 443 g/mol.